The van der Waals surface area contributed by atoms with Gasteiger partial charge in [0.05, 0.1) is 6.54 Å². The van der Waals surface area contributed by atoms with E-state index in [0.29, 0.717) is 12.5 Å². The average Bonchev–Trinajstić information content (AvgIpc) is 3.12. The van der Waals surface area contributed by atoms with Gasteiger partial charge in [-0.15, -0.1) is 0 Å². The van der Waals surface area contributed by atoms with Gasteiger partial charge in [-0.25, -0.2) is 4.79 Å². The molecule has 0 aromatic rings. The largest absolute Gasteiger partial charge is 0.480 e. The normalized spacial score (nSPS) is 15.7. The van der Waals surface area contributed by atoms with E-state index in [2.05, 4.69) is 29.8 Å². The second-order valence-electron chi connectivity index (χ2n) is 5.22. The van der Waals surface area contributed by atoms with Gasteiger partial charge in [-0.2, -0.15) is 0 Å². The summed E-state index contributed by atoms with van der Waals surface area (Å²) in [6.45, 7) is 4.19. The Morgan fingerprint density at radius 1 is 1.11 bits per heavy atom. The van der Waals surface area contributed by atoms with Gasteiger partial charge in [0.25, 0.3) is 0 Å². The Morgan fingerprint density at radius 3 is 2.21 bits per heavy atom. The topological polar surface area (TPSA) is 108 Å². The van der Waals surface area contributed by atoms with Crippen LogP contribution in [0.4, 0.5) is 4.79 Å². The number of aliphatic carboxylic acids is 1. The number of carboxylic acids is 1. The van der Waals surface area contributed by atoms with Crippen molar-refractivity contribution >= 4 is 17.9 Å². The van der Waals surface area contributed by atoms with Crippen LogP contribution in [0, 0.1) is 11.3 Å². The molecule has 0 aliphatic heterocycles. The van der Waals surface area contributed by atoms with Crippen LogP contribution >= 0.6 is 0 Å². The fourth-order valence-corrected chi connectivity index (χ4v) is 1.83. The summed E-state index contributed by atoms with van der Waals surface area (Å²) >= 11 is 0. The van der Waals surface area contributed by atoms with Crippen LogP contribution in [-0.2, 0) is 9.59 Å². The van der Waals surface area contributed by atoms with Crippen molar-refractivity contribution in [2.45, 2.75) is 26.7 Å². The van der Waals surface area contributed by atoms with E-state index in [-0.39, 0.29) is 12.0 Å². The lowest BCUT2D eigenvalue weighted by Gasteiger charge is -2.20. The van der Waals surface area contributed by atoms with Crippen molar-refractivity contribution in [1.29, 1.82) is 0 Å². The van der Waals surface area contributed by atoms with E-state index in [1.54, 1.807) is 0 Å². The van der Waals surface area contributed by atoms with Crippen molar-refractivity contribution in [1.82, 2.24) is 16.0 Å². The molecule has 0 radical (unpaired) electrons. The first-order chi connectivity index (χ1) is 8.85. The van der Waals surface area contributed by atoms with Crippen molar-refractivity contribution in [3.8, 4) is 0 Å². The minimum absolute atomic E-state index is 0.211. The lowest BCUT2D eigenvalue weighted by atomic mass is 9.92. The molecule has 108 valence electrons. The second kappa shape index (κ2) is 6.40. The Hall–Kier alpha value is -1.79. The van der Waals surface area contributed by atoms with E-state index in [0.717, 1.165) is 12.8 Å². The molecule has 1 rings (SSSR count). The minimum Gasteiger partial charge on any atom is -0.480 e. The molecule has 0 saturated heterocycles. The lowest BCUT2D eigenvalue weighted by Crippen LogP contribution is -2.44. The maximum absolute atomic E-state index is 11.5. The number of hydrogen-bond acceptors (Lipinski definition) is 3. The smallest absolute Gasteiger partial charge is 0.322 e. The van der Waals surface area contributed by atoms with Gasteiger partial charge in [0.1, 0.15) is 6.54 Å². The first kappa shape index (κ1) is 15.3. The SMILES string of the molecule is CC(C)C1(CNC(=O)NCC(=O)NCC(=O)O)CC1. The Labute approximate surface area is 112 Å². The van der Waals surface area contributed by atoms with Crippen LogP contribution in [0.2, 0.25) is 0 Å². The van der Waals surface area contributed by atoms with Crippen LogP contribution < -0.4 is 16.0 Å². The summed E-state index contributed by atoms with van der Waals surface area (Å²) in [6.07, 6.45) is 2.23. The molecule has 0 aromatic carbocycles. The summed E-state index contributed by atoms with van der Waals surface area (Å²) in [5.41, 5.74) is 0.211. The molecule has 7 nitrogen and oxygen atoms in total. The number of carboxylic acid groups (broad SMARTS) is 1. The van der Waals surface area contributed by atoms with Gasteiger partial charge in [0, 0.05) is 6.54 Å². The van der Waals surface area contributed by atoms with E-state index >= 15 is 0 Å². The summed E-state index contributed by atoms with van der Waals surface area (Å²) in [4.78, 5) is 32.8. The average molecular weight is 271 g/mol. The van der Waals surface area contributed by atoms with Gasteiger partial charge < -0.3 is 21.1 Å². The van der Waals surface area contributed by atoms with Crippen LogP contribution in [0.5, 0.6) is 0 Å². The summed E-state index contributed by atoms with van der Waals surface area (Å²) in [7, 11) is 0. The zero-order valence-electron chi connectivity index (χ0n) is 11.3. The number of urea groups is 1. The number of carbonyl (C=O) groups is 3. The van der Waals surface area contributed by atoms with Crippen LogP contribution in [-0.4, -0.2) is 42.6 Å². The van der Waals surface area contributed by atoms with Gasteiger partial charge >= 0.3 is 12.0 Å². The highest BCUT2D eigenvalue weighted by Crippen LogP contribution is 2.51. The van der Waals surface area contributed by atoms with Gasteiger partial charge in [0.2, 0.25) is 5.91 Å². The van der Waals surface area contributed by atoms with Crippen molar-refractivity contribution in [2.24, 2.45) is 11.3 Å². The standard InChI is InChI=1S/C12H21N3O4/c1-8(2)12(3-4-12)7-15-11(19)14-5-9(16)13-6-10(17)18/h8H,3-7H2,1-2H3,(H,13,16)(H,17,18)(H2,14,15,19). The van der Waals surface area contributed by atoms with E-state index < -0.39 is 24.5 Å². The highest BCUT2D eigenvalue weighted by atomic mass is 16.4. The molecule has 0 unspecified atom stereocenters. The fraction of sp³-hybridized carbons (Fsp3) is 0.750. The minimum atomic E-state index is -1.12. The molecule has 0 spiro atoms. The Morgan fingerprint density at radius 2 is 1.74 bits per heavy atom. The molecule has 0 aromatic heterocycles. The molecule has 1 aliphatic rings. The zero-order chi connectivity index (χ0) is 14.5. The lowest BCUT2D eigenvalue weighted by molar-refractivity contribution is -0.137. The number of hydrogen-bond donors (Lipinski definition) is 4. The molecule has 7 heteroatoms. The molecule has 19 heavy (non-hydrogen) atoms. The number of carbonyl (C=O) groups excluding carboxylic acids is 2. The van der Waals surface area contributed by atoms with Crippen molar-refractivity contribution in [3.05, 3.63) is 0 Å². The van der Waals surface area contributed by atoms with Crippen LogP contribution in [0.3, 0.4) is 0 Å². The van der Waals surface area contributed by atoms with Crippen LogP contribution in [0.15, 0.2) is 0 Å². The summed E-state index contributed by atoms with van der Waals surface area (Å²) < 4.78 is 0. The fourth-order valence-electron chi connectivity index (χ4n) is 1.83. The number of nitrogens with one attached hydrogen (secondary N) is 3. The third-order valence-electron chi connectivity index (χ3n) is 3.56. The van der Waals surface area contributed by atoms with E-state index in [1.807, 2.05) is 0 Å². The summed E-state index contributed by atoms with van der Waals surface area (Å²) in [5.74, 6) is -1.13. The Kier molecular flexibility index (Phi) is 5.14. The third-order valence-corrected chi connectivity index (χ3v) is 3.56. The van der Waals surface area contributed by atoms with Crippen molar-refractivity contribution < 1.29 is 19.5 Å². The van der Waals surface area contributed by atoms with E-state index in [1.165, 1.54) is 0 Å². The van der Waals surface area contributed by atoms with Crippen LogP contribution in [0.25, 0.3) is 0 Å². The third kappa shape index (κ3) is 5.15. The molecule has 4 N–H and O–H groups in total. The van der Waals surface area contributed by atoms with Crippen molar-refractivity contribution in [3.63, 3.8) is 0 Å². The van der Waals surface area contributed by atoms with Gasteiger partial charge in [0.15, 0.2) is 0 Å². The Bertz CT molecular complexity index is 364. The molecule has 0 atom stereocenters. The maximum Gasteiger partial charge on any atom is 0.322 e. The molecule has 3 amide bonds. The molecule has 1 fully saturated rings. The van der Waals surface area contributed by atoms with E-state index in [9.17, 15) is 14.4 Å². The first-order valence-electron chi connectivity index (χ1n) is 6.36. The maximum atomic E-state index is 11.5. The highest BCUT2D eigenvalue weighted by molar-refractivity contribution is 5.86. The number of rotatable bonds is 7. The molecule has 1 saturated carbocycles. The van der Waals surface area contributed by atoms with Crippen LogP contribution in [0.1, 0.15) is 26.7 Å². The predicted octanol–water partition coefficient (Wildman–Crippen LogP) is -0.0774. The highest BCUT2D eigenvalue weighted by Gasteiger charge is 2.45. The van der Waals surface area contributed by atoms with E-state index in [4.69, 9.17) is 5.11 Å². The quantitative estimate of drug-likeness (QED) is 0.519. The predicted molar refractivity (Wildman–Crippen MR) is 68.6 cm³/mol. The van der Waals surface area contributed by atoms with Gasteiger partial charge in [-0.3, -0.25) is 9.59 Å². The monoisotopic (exact) mass is 271 g/mol. The molecule has 0 bridgehead atoms. The van der Waals surface area contributed by atoms with Crippen molar-refractivity contribution in [2.75, 3.05) is 19.6 Å². The molecule has 0 heterocycles. The molecule has 1 aliphatic carbocycles. The Balaban J connectivity index is 2.14. The number of amides is 3. The molecular weight excluding hydrogens is 250 g/mol. The zero-order valence-corrected chi connectivity index (χ0v) is 11.3. The summed E-state index contributed by atoms with van der Waals surface area (Å²) in [5, 5.41) is 15.6. The second-order valence-corrected chi connectivity index (χ2v) is 5.22. The molecular formula is C12H21N3O4. The summed E-state index contributed by atoms with van der Waals surface area (Å²) in [6, 6.07) is -0.405. The first-order valence-corrected chi connectivity index (χ1v) is 6.36. The van der Waals surface area contributed by atoms with Gasteiger partial charge in [-0.1, -0.05) is 13.8 Å². The van der Waals surface area contributed by atoms with Gasteiger partial charge in [-0.05, 0) is 24.2 Å².